The maximum Gasteiger partial charge on any atom is 0.341 e. The van der Waals surface area contributed by atoms with Gasteiger partial charge in [-0.1, -0.05) is 30.3 Å². The van der Waals surface area contributed by atoms with Crippen LogP contribution in [0.2, 0.25) is 0 Å². The molecular formula is C18H19NO3S. The first-order valence-corrected chi connectivity index (χ1v) is 8.69. The molecule has 120 valence electrons. The fourth-order valence-electron chi connectivity index (χ4n) is 2.52. The second-order valence-corrected chi connectivity index (χ2v) is 6.48. The number of amides is 1. The Balaban J connectivity index is 1.76. The number of esters is 1. The summed E-state index contributed by atoms with van der Waals surface area (Å²) in [5.41, 5.74) is 2.51. The number of rotatable bonds is 6. The van der Waals surface area contributed by atoms with Crippen molar-refractivity contribution in [3.63, 3.8) is 0 Å². The molecule has 1 aliphatic rings. The molecule has 1 aromatic carbocycles. The molecule has 3 rings (SSSR count). The molecule has 0 aliphatic heterocycles. The topological polar surface area (TPSA) is 55.4 Å². The van der Waals surface area contributed by atoms with Crippen molar-refractivity contribution >= 4 is 28.2 Å². The van der Waals surface area contributed by atoms with Crippen molar-refractivity contribution in [1.29, 1.82) is 0 Å². The van der Waals surface area contributed by atoms with Gasteiger partial charge in [0, 0.05) is 0 Å². The number of hydrogen-bond acceptors (Lipinski definition) is 4. The van der Waals surface area contributed by atoms with Crippen LogP contribution in [-0.2, 0) is 16.0 Å². The third kappa shape index (κ3) is 3.79. The van der Waals surface area contributed by atoms with Crippen LogP contribution in [0.15, 0.2) is 35.7 Å². The zero-order valence-corrected chi connectivity index (χ0v) is 13.8. The molecule has 0 saturated heterocycles. The molecule has 1 fully saturated rings. The molecule has 4 nitrogen and oxygen atoms in total. The van der Waals surface area contributed by atoms with Gasteiger partial charge in [0.05, 0.1) is 18.6 Å². The lowest BCUT2D eigenvalue weighted by Gasteiger charge is -2.08. The molecule has 1 N–H and O–H groups in total. The fraction of sp³-hybridized carbons (Fsp3) is 0.333. The van der Waals surface area contributed by atoms with E-state index in [1.54, 1.807) is 6.92 Å². The summed E-state index contributed by atoms with van der Waals surface area (Å²) in [6.07, 6.45) is 2.49. The summed E-state index contributed by atoms with van der Waals surface area (Å²) in [6, 6.07) is 9.55. The molecule has 2 aromatic rings. The molecular weight excluding hydrogens is 310 g/mol. The van der Waals surface area contributed by atoms with Gasteiger partial charge >= 0.3 is 5.97 Å². The molecule has 0 bridgehead atoms. The highest BCUT2D eigenvalue weighted by molar-refractivity contribution is 7.15. The average Bonchev–Trinajstić information content (AvgIpc) is 3.30. The first-order valence-electron chi connectivity index (χ1n) is 7.81. The second-order valence-electron chi connectivity index (χ2n) is 5.60. The Morgan fingerprint density at radius 3 is 2.65 bits per heavy atom. The van der Waals surface area contributed by atoms with E-state index in [0.717, 1.165) is 24.0 Å². The molecule has 1 amide bonds. The zero-order chi connectivity index (χ0) is 16.2. The lowest BCUT2D eigenvalue weighted by molar-refractivity contribution is -0.115. The number of carbonyl (C=O) groups is 2. The molecule has 1 saturated carbocycles. The van der Waals surface area contributed by atoms with E-state index in [9.17, 15) is 9.59 Å². The number of carbonyl (C=O) groups excluding carboxylic acids is 2. The van der Waals surface area contributed by atoms with E-state index in [2.05, 4.69) is 5.32 Å². The number of hydrogen-bond donors (Lipinski definition) is 1. The van der Waals surface area contributed by atoms with E-state index in [0.29, 0.717) is 29.5 Å². The highest BCUT2D eigenvalue weighted by atomic mass is 32.1. The average molecular weight is 329 g/mol. The van der Waals surface area contributed by atoms with E-state index in [-0.39, 0.29) is 11.9 Å². The van der Waals surface area contributed by atoms with Gasteiger partial charge in [0.15, 0.2) is 0 Å². The second kappa shape index (κ2) is 6.96. The third-order valence-corrected chi connectivity index (χ3v) is 4.69. The Kier molecular flexibility index (Phi) is 4.76. The monoisotopic (exact) mass is 329 g/mol. The Labute approximate surface area is 139 Å². The maximum absolute atomic E-state index is 12.3. The van der Waals surface area contributed by atoms with Gasteiger partial charge in [-0.05, 0) is 42.2 Å². The van der Waals surface area contributed by atoms with Crippen molar-refractivity contribution in [2.45, 2.75) is 32.1 Å². The number of thiophene rings is 1. The van der Waals surface area contributed by atoms with Gasteiger partial charge < -0.3 is 10.1 Å². The standard InChI is InChI=1S/C18H19NO3S/c1-2-22-18(21)16-14(13-8-9-13)11-23-17(16)19-15(20)10-12-6-4-3-5-7-12/h3-7,11,13H,2,8-10H2,1H3,(H,19,20). The smallest absolute Gasteiger partial charge is 0.341 e. The van der Waals surface area contributed by atoms with Crippen LogP contribution < -0.4 is 5.32 Å². The van der Waals surface area contributed by atoms with Crippen molar-refractivity contribution < 1.29 is 14.3 Å². The Morgan fingerprint density at radius 2 is 2.00 bits per heavy atom. The number of ether oxygens (including phenoxy) is 1. The molecule has 1 heterocycles. The molecule has 0 radical (unpaired) electrons. The molecule has 23 heavy (non-hydrogen) atoms. The van der Waals surface area contributed by atoms with Crippen LogP contribution in [0.25, 0.3) is 0 Å². The van der Waals surface area contributed by atoms with E-state index >= 15 is 0 Å². The van der Waals surface area contributed by atoms with E-state index in [4.69, 9.17) is 4.74 Å². The van der Waals surface area contributed by atoms with Crippen LogP contribution in [0.3, 0.4) is 0 Å². The molecule has 0 unspecified atom stereocenters. The van der Waals surface area contributed by atoms with Crippen molar-refractivity contribution in [3.05, 3.63) is 52.4 Å². The van der Waals surface area contributed by atoms with Crippen molar-refractivity contribution in [1.82, 2.24) is 0 Å². The largest absolute Gasteiger partial charge is 0.462 e. The van der Waals surface area contributed by atoms with Gasteiger partial charge in [0.2, 0.25) is 5.91 Å². The van der Waals surface area contributed by atoms with Crippen LogP contribution in [0, 0.1) is 0 Å². The first-order chi connectivity index (χ1) is 11.2. The van der Waals surface area contributed by atoms with Gasteiger partial charge in [-0.2, -0.15) is 0 Å². The van der Waals surface area contributed by atoms with Crippen LogP contribution in [-0.4, -0.2) is 18.5 Å². The van der Waals surface area contributed by atoms with Crippen molar-refractivity contribution in [2.75, 3.05) is 11.9 Å². The van der Waals surface area contributed by atoms with Gasteiger partial charge in [0.25, 0.3) is 0 Å². The fourth-order valence-corrected chi connectivity index (χ4v) is 3.57. The summed E-state index contributed by atoms with van der Waals surface area (Å²) in [7, 11) is 0. The predicted molar refractivity (Wildman–Crippen MR) is 91.0 cm³/mol. The highest BCUT2D eigenvalue weighted by Crippen LogP contribution is 2.46. The normalized spacial score (nSPS) is 13.6. The summed E-state index contributed by atoms with van der Waals surface area (Å²) in [6.45, 7) is 2.12. The van der Waals surface area contributed by atoms with Gasteiger partial charge in [-0.15, -0.1) is 11.3 Å². The number of nitrogens with one attached hydrogen (secondary N) is 1. The van der Waals surface area contributed by atoms with Crippen LogP contribution in [0.5, 0.6) is 0 Å². The molecule has 0 spiro atoms. The van der Waals surface area contributed by atoms with Crippen LogP contribution >= 0.6 is 11.3 Å². The van der Waals surface area contributed by atoms with Gasteiger partial charge in [0.1, 0.15) is 5.00 Å². The Bertz CT molecular complexity index is 704. The van der Waals surface area contributed by atoms with Gasteiger partial charge in [-0.3, -0.25) is 4.79 Å². The molecule has 1 aliphatic carbocycles. The summed E-state index contributed by atoms with van der Waals surface area (Å²) in [5, 5.41) is 5.46. The highest BCUT2D eigenvalue weighted by Gasteiger charge is 2.32. The summed E-state index contributed by atoms with van der Waals surface area (Å²) >= 11 is 1.40. The lowest BCUT2D eigenvalue weighted by Crippen LogP contribution is -2.16. The van der Waals surface area contributed by atoms with Gasteiger partial charge in [-0.25, -0.2) is 4.79 Å². The SMILES string of the molecule is CCOC(=O)c1c(C2CC2)csc1NC(=O)Cc1ccccc1. The van der Waals surface area contributed by atoms with E-state index in [1.165, 1.54) is 11.3 Å². The molecule has 0 atom stereocenters. The minimum absolute atomic E-state index is 0.119. The Morgan fingerprint density at radius 1 is 1.26 bits per heavy atom. The number of benzene rings is 1. The van der Waals surface area contributed by atoms with E-state index in [1.807, 2.05) is 35.7 Å². The third-order valence-electron chi connectivity index (χ3n) is 3.78. The zero-order valence-electron chi connectivity index (χ0n) is 13.0. The lowest BCUT2D eigenvalue weighted by atomic mass is 10.1. The first kappa shape index (κ1) is 15.7. The van der Waals surface area contributed by atoms with Crippen LogP contribution in [0.4, 0.5) is 5.00 Å². The van der Waals surface area contributed by atoms with Crippen molar-refractivity contribution in [2.24, 2.45) is 0 Å². The van der Waals surface area contributed by atoms with Crippen molar-refractivity contribution in [3.8, 4) is 0 Å². The summed E-state index contributed by atoms with van der Waals surface area (Å²) in [5.74, 6) is -0.0259. The van der Waals surface area contributed by atoms with E-state index < -0.39 is 0 Å². The molecule has 5 heteroatoms. The predicted octanol–water partition coefficient (Wildman–Crippen LogP) is 3.98. The summed E-state index contributed by atoms with van der Waals surface area (Å²) < 4.78 is 5.16. The minimum Gasteiger partial charge on any atom is -0.462 e. The Hall–Kier alpha value is -2.14. The number of anilines is 1. The maximum atomic E-state index is 12.3. The minimum atomic E-state index is -0.342. The summed E-state index contributed by atoms with van der Waals surface area (Å²) in [4.78, 5) is 24.5. The quantitative estimate of drug-likeness (QED) is 0.816. The molecule has 1 aromatic heterocycles. The van der Waals surface area contributed by atoms with Crippen LogP contribution in [0.1, 0.15) is 47.2 Å².